The van der Waals surface area contributed by atoms with Gasteiger partial charge in [0.1, 0.15) is 0 Å². The number of unbranched alkanes of at least 4 members (excludes halogenated alkanes) is 1. The van der Waals surface area contributed by atoms with E-state index >= 15 is 0 Å². The van der Waals surface area contributed by atoms with Crippen molar-refractivity contribution in [3.05, 3.63) is 70.8 Å². The summed E-state index contributed by atoms with van der Waals surface area (Å²) in [6, 6.07) is 9.84. The topological polar surface area (TPSA) is 83.8 Å². The lowest BCUT2D eigenvalue weighted by molar-refractivity contribution is -0.143. The van der Waals surface area contributed by atoms with E-state index in [-0.39, 0.29) is 13.0 Å². The van der Waals surface area contributed by atoms with Crippen molar-refractivity contribution >= 4 is 13.6 Å². The van der Waals surface area contributed by atoms with Crippen molar-refractivity contribution in [3.8, 4) is 0 Å². The second-order valence-corrected chi connectivity index (χ2v) is 11.1. The molecule has 5 nitrogen and oxygen atoms in total. The number of rotatable bonds is 16. The highest BCUT2D eigenvalue weighted by molar-refractivity contribution is 7.53. The Bertz CT molecular complexity index is 860. The smallest absolute Gasteiger partial charge is 0.339 e. The van der Waals surface area contributed by atoms with Gasteiger partial charge < -0.3 is 14.5 Å². The second-order valence-electron chi connectivity index (χ2n) is 9.25. The van der Waals surface area contributed by atoms with E-state index in [4.69, 9.17) is 4.74 Å². The van der Waals surface area contributed by atoms with Crippen molar-refractivity contribution in [2.75, 3.05) is 6.61 Å². The molecule has 0 bridgehead atoms. The van der Waals surface area contributed by atoms with Crippen LogP contribution in [0, 0.1) is 0 Å². The molecule has 1 aromatic rings. The Kier molecular flexibility index (Phi) is 14.7. The zero-order chi connectivity index (χ0) is 25.4. The molecule has 6 heteroatoms. The third-order valence-electron chi connectivity index (χ3n) is 5.67. The molecule has 0 aliphatic carbocycles. The van der Waals surface area contributed by atoms with Crippen LogP contribution in [0.2, 0.25) is 0 Å². The zero-order valence-corrected chi connectivity index (χ0v) is 22.2. The number of allylic oxidation sites excluding steroid dienone is 6. The molecule has 1 aromatic carbocycles. The van der Waals surface area contributed by atoms with Gasteiger partial charge in [-0.1, -0.05) is 65.3 Å². The van der Waals surface area contributed by atoms with Gasteiger partial charge in [0, 0.05) is 0 Å². The SMILES string of the molecule is CC(C)=CCCC(C)=CCCC(C)=CCCCC(C(=O)OCCCc1ccccc1)P(=O)(O)O. The van der Waals surface area contributed by atoms with E-state index in [9.17, 15) is 19.1 Å². The number of carbonyl (C=O) groups excluding carboxylic acids is 1. The third-order valence-corrected chi connectivity index (χ3v) is 6.95. The van der Waals surface area contributed by atoms with Crippen LogP contribution in [0.3, 0.4) is 0 Å². The number of hydrogen-bond donors (Lipinski definition) is 2. The fraction of sp³-hybridized carbons (Fsp3) is 0.536. The molecule has 0 aliphatic rings. The first-order valence-electron chi connectivity index (χ1n) is 12.3. The van der Waals surface area contributed by atoms with E-state index in [0.29, 0.717) is 19.3 Å². The summed E-state index contributed by atoms with van der Waals surface area (Å²) < 4.78 is 17.0. The predicted molar refractivity (Wildman–Crippen MR) is 141 cm³/mol. The van der Waals surface area contributed by atoms with E-state index in [1.165, 1.54) is 16.7 Å². The van der Waals surface area contributed by atoms with Gasteiger partial charge >= 0.3 is 13.6 Å². The summed E-state index contributed by atoms with van der Waals surface area (Å²) in [6.45, 7) is 8.64. The van der Waals surface area contributed by atoms with Crippen LogP contribution in [-0.4, -0.2) is 28.0 Å². The Morgan fingerprint density at radius 2 is 1.50 bits per heavy atom. The van der Waals surface area contributed by atoms with E-state index < -0.39 is 19.2 Å². The minimum absolute atomic E-state index is 0.120. The molecule has 0 saturated carbocycles. The average molecular weight is 491 g/mol. The number of aryl methyl sites for hydroxylation is 1. The molecule has 2 N–H and O–H groups in total. The van der Waals surface area contributed by atoms with Gasteiger partial charge in [0.15, 0.2) is 5.66 Å². The largest absolute Gasteiger partial charge is 0.465 e. The molecule has 0 amide bonds. The van der Waals surface area contributed by atoms with Gasteiger partial charge in [-0.3, -0.25) is 9.36 Å². The first-order chi connectivity index (χ1) is 16.1. The van der Waals surface area contributed by atoms with Crippen molar-refractivity contribution in [2.24, 2.45) is 0 Å². The molecular weight excluding hydrogens is 447 g/mol. The molecule has 34 heavy (non-hydrogen) atoms. The van der Waals surface area contributed by atoms with E-state index in [0.717, 1.165) is 37.7 Å². The molecule has 0 saturated heterocycles. The lowest BCUT2D eigenvalue weighted by atomic mass is 10.0. The Morgan fingerprint density at radius 1 is 0.912 bits per heavy atom. The summed E-state index contributed by atoms with van der Waals surface area (Å²) in [5.41, 5.74) is 3.76. The average Bonchev–Trinajstić information content (AvgIpc) is 2.76. The van der Waals surface area contributed by atoms with Gasteiger partial charge in [0.25, 0.3) is 0 Å². The van der Waals surface area contributed by atoms with E-state index in [1.54, 1.807) is 0 Å². The first-order valence-corrected chi connectivity index (χ1v) is 14.0. The van der Waals surface area contributed by atoms with E-state index in [1.807, 2.05) is 30.3 Å². The monoisotopic (exact) mass is 490 g/mol. The van der Waals surface area contributed by atoms with Crippen molar-refractivity contribution < 1.29 is 23.9 Å². The van der Waals surface area contributed by atoms with Crippen LogP contribution in [0.25, 0.3) is 0 Å². The Hall–Kier alpha value is -1.94. The fourth-order valence-corrected chi connectivity index (χ4v) is 4.48. The van der Waals surface area contributed by atoms with Crippen LogP contribution < -0.4 is 0 Å². The van der Waals surface area contributed by atoms with Gasteiger partial charge in [-0.05, 0) is 91.0 Å². The summed E-state index contributed by atoms with van der Waals surface area (Å²) in [5, 5.41) is 0. The lowest BCUT2D eigenvalue weighted by Crippen LogP contribution is -2.24. The van der Waals surface area contributed by atoms with Gasteiger partial charge in [-0.2, -0.15) is 0 Å². The summed E-state index contributed by atoms with van der Waals surface area (Å²) in [7, 11) is -4.55. The predicted octanol–water partition coefficient (Wildman–Crippen LogP) is 7.30. The van der Waals surface area contributed by atoms with Crippen LogP contribution in [-0.2, 0) is 20.5 Å². The fourth-order valence-electron chi connectivity index (χ4n) is 3.61. The molecule has 1 rings (SSSR count). The minimum Gasteiger partial charge on any atom is -0.465 e. The Balaban J connectivity index is 2.36. The second kappa shape index (κ2) is 16.6. The van der Waals surface area contributed by atoms with Gasteiger partial charge in [0.2, 0.25) is 0 Å². The maximum absolute atomic E-state index is 12.3. The number of ether oxygens (including phenoxy) is 1. The molecule has 0 aliphatic heterocycles. The van der Waals surface area contributed by atoms with Gasteiger partial charge in [0.05, 0.1) is 6.61 Å². The molecule has 1 atom stereocenters. The molecule has 1 unspecified atom stereocenters. The standard InChI is InChI=1S/C28H43O5P/c1-23(2)13-10-15-25(4)17-11-16-24(3)14-8-9-21-27(34(30,31)32)28(29)33-22-12-20-26-18-6-5-7-19-26/h5-7,13-14,17-19,27H,8-12,15-16,20-22H2,1-4H3,(H2,30,31,32). The molecule has 0 spiro atoms. The minimum atomic E-state index is -4.55. The molecule has 0 radical (unpaired) electrons. The normalized spacial score (nSPS) is 13.5. The third kappa shape index (κ3) is 14.3. The maximum atomic E-state index is 12.3. The maximum Gasteiger partial charge on any atom is 0.339 e. The summed E-state index contributed by atoms with van der Waals surface area (Å²) in [6.07, 6.45) is 13.5. The highest BCUT2D eigenvalue weighted by Gasteiger charge is 2.36. The van der Waals surface area contributed by atoms with Crippen LogP contribution >= 0.6 is 7.60 Å². The van der Waals surface area contributed by atoms with Gasteiger partial charge in [-0.15, -0.1) is 0 Å². The van der Waals surface area contributed by atoms with Crippen LogP contribution in [0.15, 0.2) is 65.3 Å². The summed E-state index contributed by atoms with van der Waals surface area (Å²) >= 11 is 0. The number of carbonyl (C=O) groups is 1. The van der Waals surface area contributed by atoms with E-state index in [2.05, 4.69) is 45.9 Å². The highest BCUT2D eigenvalue weighted by Crippen LogP contribution is 2.44. The Morgan fingerprint density at radius 3 is 2.09 bits per heavy atom. The number of esters is 1. The van der Waals surface area contributed by atoms with Crippen LogP contribution in [0.4, 0.5) is 0 Å². The molecular formula is C28H43O5P. The Labute approximate surface area is 206 Å². The zero-order valence-electron chi connectivity index (χ0n) is 21.3. The summed E-state index contributed by atoms with van der Waals surface area (Å²) in [4.78, 5) is 31.6. The first kappa shape index (κ1) is 30.1. The van der Waals surface area contributed by atoms with Gasteiger partial charge in [-0.25, -0.2) is 0 Å². The highest BCUT2D eigenvalue weighted by atomic mass is 31.2. The quantitative estimate of drug-likeness (QED) is 0.110. The summed E-state index contributed by atoms with van der Waals surface area (Å²) in [5.74, 6) is -0.796. The van der Waals surface area contributed by atoms with Crippen LogP contribution in [0.1, 0.15) is 84.6 Å². The van der Waals surface area contributed by atoms with Crippen molar-refractivity contribution in [3.63, 3.8) is 0 Å². The van der Waals surface area contributed by atoms with Crippen molar-refractivity contribution in [1.29, 1.82) is 0 Å². The van der Waals surface area contributed by atoms with Crippen molar-refractivity contribution in [2.45, 2.75) is 91.1 Å². The lowest BCUT2D eigenvalue weighted by Gasteiger charge is -2.17. The number of hydrogen-bond acceptors (Lipinski definition) is 3. The molecule has 190 valence electrons. The van der Waals surface area contributed by atoms with Crippen molar-refractivity contribution in [1.82, 2.24) is 0 Å². The molecule has 0 heterocycles. The number of benzene rings is 1. The van der Waals surface area contributed by atoms with Crippen LogP contribution in [0.5, 0.6) is 0 Å². The molecule has 0 fully saturated rings. The molecule has 0 aromatic heterocycles.